The highest BCUT2D eigenvalue weighted by Crippen LogP contribution is 2.13. The van der Waals surface area contributed by atoms with Gasteiger partial charge < -0.3 is 9.84 Å². The number of rotatable bonds is 6. The van der Waals surface area contributed by atoms with Gasteiger partial charge in [0.05, 0.1) is 6.54 Å². The van der Waals surface area contributed by atoms with Crippen molar-refractivity contribution in [2.75, 3.05) is 6.61 Å². The van der Waals surface area contributed by atoms with Gasteiger partial charge in [0.2, 0.25) is 5.82 Å². The summed E-state index contributed by atoms with van der Waals surface area (Å²) in [5.74, 6) is 1.21. The van der Waals surface area contributed by atoms with E-state index in [-0.39, 0.29) is 13.2 Å². The zero-order chi connectivity index (χ0) is 16.1. The van der Waals surface area contributed by atoms with Gasteiger partial charge in [-0.3, -0.25) is 4.98 Å². The number of aromatic nitrogens is 5. The topological polar surface area (TPSA) is 86.0 Å². The number of tetrazole rings is 1. The highest BCUT2D eigenvalue weighted by molar-refractivity contribution is 5.51. The smallest absolute Gasteiger partial charge is 0.206 e. The number of hydrogen-bond donors (Lipinski definition) is 1. The predicted octanol–water partition coefficient (Wildman–Crippen LogP) is 1.48. The fraction of sp³-hybridized carbons (Fsp3) is 0.250. The summed E-state index contributed by atoms with van der Waals surface area (Å²) in [6.45, 7) is 2.36. The van der Waals surface area contributed by atoms with Crippen molar-refractivity contribution in [1.29, 1.82) is 0 Å². The van der Waals surface area contributed by atoms with Crippen LogP contribution in [-0.4, -0.2) is 43.0 Å². The van der Waals surface area contributed by atoms with Gasteiger partial charge in [-0.1, -0.05) is 12.1 Å². The molecule has 7 nitrogen and oxygen atoms in total. The molecule has 23 heavy (non-hydrogen) atoms. The van der Waals surface area contributed by atoms with Gasteiger partial charge in [0.25, 0.3) is 0 Å². The number of hydrogen-bond acceptors (Lipinski definition) is 6. The Kier molecular flexibility index (Phi) is 4.58. The molecule has 0 radical (unpaired) electrons. The van der Waals surface area contributed by atoms with Crippen LogP contribution in [0.3, 0.4) is 0 Å². The zero-order valence-corrected chi connectivity index (χ0v) is 12.7. The molecule has 0 saturated carbocycles. The van der Waals surface area contributed by atoms with Crippen molar-refractivity contribution in [1.82, 2.24) is 25.2 Å². The van der Waals surface area contributed by atoms with Crippen molar-refractivity contribution in [3.8, 4) is 17.1 Å². The van der Waals surface area contributed by atoms with Crippen LogP contribution in [0.15, 0.2) is 48.8 Å². The van der Waals surface area contributed by atoms with E-state index in [1.807, 2.05) is 37.3 Å². The van der Waals surface area contributed by atoms with Gasteiger partial charge in [-0.25, -0.2) is 0 Å². The van der Waals surface area contributed by atoms with Crippen molar-refractivity contribution >= 4 is 0 Å². The number of benzene rings is 1. The minimum atomic E-state index is -0.730. The van der Waals surface area contributed by atoms with Gasteiger partial charge in [0.15, 0.2) is 0 Å². The standard InChI is InChI=1S/C16H17N5O2/c1-12-4-2-6-15(8-12)23-11-14(22)10-21-19-16(18-20-21)13-5-3-7-17-9-13/h2-9,14,22H,10-11H2,1H3. The summed E-state index contributed by atoms with van der Waals surface area (Å²) in [7, 11) is 0. The van der Waals surface area contributed by atoms with Crippen LogP contribution in [0.5, 0.6) is 5.75 Å². The summed E-state index contributed by atoms with van der Waals surface area (Å²) >= 11 is 0. The second kappa shape index (κ2) is 6.97. The Bertz CT molecular complexity index is 760. The number of pyridine rings is 1. The Morgan fingerprint density at radius 1 is 1.26 bits per heavy atom. The molecule has 7 heteroatoms. The molecule has 1 aromatic carbocycles. The molecule has 2 heterocycles. The molecule has 0 aliphatic rings. The van der Waals surface area contributed by atoms with Crippen molar-refractivity contribution in [3.05, 3.63) is 54.4 Å². The first-order valence-corrected chi connectivity index (χ1v) is 7.26. The van der Waals surface area contributed by atoms with Crippen LogP contribution < -0.4 is 4.74 Å². The minimum Gasteiger partial charge on any atom is -0.491 e. The van der Waals surface area contributed by atoms with Crippen LogP contribution >= 0.6 is 0 Å². The molecule has 0 saturated heterocycles. The Balaban J connectivity index is 1.56. The van der Waals surface area contributed by atoms with E-state index in [1.54, 1.807) is 18.5 Å². The van der Waals surface area contributed by atoms with Crippen LogP contribution in [0.4, 0.5) is 0 Å². The van der Waals surface area contributed by atoms with E-state index < -0.39 is 6.10 Å². The molecule has 118 valence electrons. The van der Waals surface area contributed by atoms with Crippen molar-refractivity contribution in [3.63, 3.8) is 0 Å². The van der Waals surface area contributed by atoms with Crippen LogP contribution in [0.1, 0.15) is 5.56 Å². The highest BCUT2D eigenvalue weighted by atomic mass is 16.5. The quantitative estimate of drug-likeness (QED) is 0.742. The average molecular weight is 311 g/mol. The van der Waals surface area contributed by atoms with Gasteiger partial charge >= 0.3 is 0 Å². The lowest BCUT2D eigenvalue weighted by Gasteiger charge is -2.11. The summed E-state index contributed by atoms with van der Waals surface area (Å²) in [4.78, 5) is 5.37. The van der Waals surface area contributed by atoms with E-state index in [2.05, 4.69) is 20.4 Å². The SMILES string of the molecule is Cc1cccc(OCC(O)Cn2nnc(-c3cccnc3)n2)c1. The molecular weight excluding hydrogens is 294 g/mol. The van der Waals surface area contributed by atoms with E-state index in [0.717, 1.165) is 16.9 Å². The van der Waals surface area contributed by atoms with E-state index in [9.17, 15) is 5.11 Å². The summed E-state index contributed by atoms with van der Waals surface area (Å²) in [6.07, 6.45) is 2.62. The minimum absolute atomic E-state index is 0.160. The average Bonchev–Trinajstić information content (AvgIpc) is 3.02. The second-order valence-corrected chi connectivity index (χ2v) is 5.19. The van der Waals surface area contributed by atoms with Crippen molar-refractivity contribution < 1.29 is 9.84 Å². The van der Waals surface area contributed by atoms with E-state index in [1.165, 1.54) is 4.80 Å². The third-order valence-corrected chi connectivity index (χ3v) is 3.18. The van der Waals surface area contributed by atoms with Gasteiger partial charge in [-0.05, 0) is 42.0 Å². The number of aliphatic hydroxyl groups is 1. The third kappa shape index (κ3) is 4.10. The van der Waals surface area contributed by atoms with Crippen molar-refractivity contribution in [2.24, 2.45) is 0 Å². The highest BCUT2D eigenvalue weighted by Gasteiger charge is 2.11. The van der Waals surface area contributed by atoms with E-state index >= 15 is 0 Å². The first-order valence-electron chi connectivity index (χ1n) is 7.26. The largest absolute Gasteiger partial charge is 0.491 e. The molecule has 0 fully saturated rings. The Hall–Kier alpha value is -2.80. The molecule has 1 unspecified atom stereocenters. The van der Waals surface area contributed by atoms with Crippen molar-refractivity contribution in [2.45, 2.75) is 19.6 Å². The summed E-state index contributed by atoms with van der Waals surface area (Å²) < 4.78 is 5.56. The van der Waals surface area contributed by atoms with E-state index in [0.29, 0.717) is 5.82 Å². The fourth-order valence-electron chi connectivity index (χ4n) is 2.07. The molecule has 0 bridgehead atoms. The maximum atomic E-state index is 10.0. The van der Waals surface area contributed by atoms with Crippen LogP contribution in [0.2, 0.25) is 0 Å². The maximum Gasteiger partial charge on any atom is 0.206 e. The molecular formula is C16H17N5O2. The van der Waals surface area contributed by atoms with Gasteiger partial charge in [-0.15, -0.1) is 10.2 Å². The van der Waals surface area contributed by atoms with Gasteiger partial charge in [0, 0.05) is 18.0 Å². The number of nitrogens with zero attached hydrogens (tertiary/aromatic N) is 5. The third-order valence-electron chi connectivity index (χ3n) is 3.18. The van der Waals surface area contributed by atoms with Crippen LogP contribution in [-0.2, 0) is 6.54 Å². The molecule has 0 aliphatic heterocycles. The molecule has 3 rings (SSSR count). The Labute approximate surface area is 133 Å². The van der Waals surface area contributed by atoms with Gasteiger partial charge in [0.1, 0.15) is 18.5 Å². The van der Waals surface area contributed by atoms with Crippen LogP contribution in [0, 0.1) is 6.92 Å². The molecule has 1 atom stereocenters. The molecule has 0 aliphatic carbocycles. The lowest BCUT2D eigenvalue weighted by atomic mass is 10.2. The molecule has 1 N–H and O–H groups in total. The monoisotopic (exact) mass is 311 g/mol. The normalized spacial score (nSPS) is 12.1. The molecule has 0 amide bonds. The van der Waals surface area contributed by atoms with Crippen LogP contribution in [0.25, 0.3) is 11.4 Å². The molecule has 3 aromatic rings. The fourth-order valence-corrected chi connectivity index (χ4v) is 2.07. The lowest BCUT2D eigenvalue weighted by molar-refractivity contribution is 0.0849. The number of aliphatic hydroxyl groups excluding tert-OH is 1. The summed E-state index contributed by atoms with van der Waals surface area (Å²) in [6, 6.07) is 11.3. The predicted molar refractivity (Wildman–Crippen MR) is 83.7 cm³/mol. The maximum absolute atomic E-state index is 10.0. The first-order chi connectivity index (χ1) is 11.2. The summed E-state index contributed by atoms with van der Waals surface area (Å²) in [5.41, 5.74) is 1.89. The Morgan fingerprint density at radius 3 is 2.96 bits per heavy atom. The van der Waals surface area contributed by atoms with E-state index in [4.69, 9.17) is 4.74 Å². The number of aryl methyl sites for hydroxylation is 1. The second-order valence-electron chi connectivity index (χ2n) is 5.19. The molecule has 2 aromatic heterocycles. The zero-order valence-electron chi connectivity index (χ0n) is 12.7. The number of ether oxygens (including phenoxy) is 1. The first kappa shape index (κ1) is 15.1. The molecule has 0 spiro atoms. The summed E-state index contributed by atoms with van der Waals surface area (Å²) in [5, 5.41) is 22.2. The Morgan fingerprint density at radius 2 is 2.17 bits per heavy atom. The lowest BCUT2D eigenvalue weighted by Crippen LogP contribution is -2.25. The van der Waals surface area contributed by atoms with Gasteiger partial charge in [-0.2, -0.15) is 4.80 Å².